The maximum atomic E-state index is 12.9. The van der Waals surface area contributed by atoms with Crippen LogP contribution in [0.1, 0.15) is 32.1 Å². The van der Waals surface area contributed by atoms with Gasteiger partial charge >= 0.3 is 0 Å². The second kappa shape index (κ2) is 5.95. The smallest absolute Gasteiger partial charge is 0.193 e. The van der Waals surface area contributed by atoms with Crippen LogP contribution in [0.15, 0.2) is 42.5 Å². The molecule has 0 bridgehead atoms. The standard InChI is InChI=1S/C15H9BrFNO2/c16-15(20)13-7-9(8-18)1-6-12(13)14(19)10-2-4-11(17)5-3-10/h1-7,15,20H. The van der Waals surface area contributed by atoms with Gasteiger partial charge in [0.05, 0.1) is 11.6 Å². The number of halogens is 2. The van der Waals surface area contributed by atoms with Crippen LogP contribution in [-0.4, -0.2) is 10.9 Å². The van der Waals surface area contributed by atoms with Gasteiger partial charge < -0.3 is 5.11 Å². The molecule has 1 N–H and O–H groups in total. The summed E-state index contributed by atoms with van der Waals surface area (Å²) in [5.41, 5.74) is 1.22. The van der Waals surface area contributed by atoms with Gasteiger partial charge in [0.1, 0.15) is 10.8 Å². The normalized spacial score (nSPS) is 11.7. The predicted octanol–water partition coefficient (Wildman–Crippen LogP) is 3.31. The lowest BCUT2D eigenvalue weighted by molar-refractivity contribution is 0.103. The Labute approximate surface area is 123 Å². The van der Waals surface area contributed by atoms with Gasteiger partial charge in [-0.1, -0.05) is 15.9 Å². The first-order chi connectivity index (χ1) is 9.52. The van der Waals surface area contributed by atoms with E-state index in [4.69, 9.17) is 5.26 Å². The molecule has 0 aliphatic rings. The highest BCUT2D eigenvalue weighted by Crippen LogP contribution is 2.26. The lowest BCUT2D eigenvalue weighted by Gasteiger charge is -2.10. The SMILES string of the molecule is N#Cc1ccc(C(=O)c2ccc(F)cc2)c(C(O)Br)c1. The molecule has 0 radical (unpaired) electrons. The Hall–Kier alpha value is -2.03. The summed E-state index contributed by atoms with van der Waals surface area (Å²) in [6.45, 7) is 0. The van der Waals surface area contributed by atoms with E-state index in [-0.39, 0.29) is 11.3 Å². The van der Waals surface area contributed by atoms with Crippen LogP contribution in [-0.2, 0) is 0 Å². The molecule has 0 aliphatic heterocycles. The molecule has 2 aromatic carbocycles. The number of carbonyl (C=O) groups excluding carboxylic acids is 1. The molecule has 5 heteroatoms. The molecule has 0 amide bonds. The lowest BCUT2D eigenvalue weighted by Crippen LogP contribution is -2.07. The summed E-state index contributed by atoms with van der Waals surface area (Å²) in [6, 6.07) is 11.5. The van der Waals surface area contributed by atoms with Crippen LogP contribution >= 0.6 is 15.9 Å². The van der Waals surface area contributed by atoms with Gasteiger partial charge in [0.2, 0.25) is 0 Å². The van der Waals surface area contributed by atoms with Crippen molar-refractivity contribution in [3.05, 3.63) is 70.5 Å². The average molecular weight is 334 g/mol. The molecule has 1 unspecified atom stereocenters. The van der Waals surface area contributed by atoms with Gasteiger partial charge in [-0.15, -0.1) is 0 Å². The van der Waals surface area contributed by atoms with E-state index in [1.54, 1.807) is 0 Å². The fourth-order valence-electron chi connectivity index (χ4n) is 1.79. The number of hydrogen-bond acceptors (Lipinski definition) is 3. The van der Waals surface area contributed by atoms with Crippen LogP contribution in [0.3, 0.4) is 0 Å². The Morgan fingerprint density at radius 3 is 2.45 bits per heavy atom. The molecule has 3 nitrogen and oxygen atoms in total. The first-order valence-corrected chi connectivity index (χ1v) is 6.61. The third kappa shape index (κ3) is 2.93. The van der Waals surface area contributed by atoms with Gasteiger partial charge in [0, 0.05) is 16.7 Å². The second-order valence-electron chi connectivity index (χ2n) is 4.09. The molecule has 2 aromatic rings. The molecule has 0 aromatic heterocycles. The summed E-state index contributed by atoms with van der Waals surface area (Å²) in [5.74, 6) is -0.773. The van der Waals surface area contributed by atoms with E-state index >= 15 is 0 Å². The van der Waals surface area contributed by atoms with Gasteiger partial charge in [0.25, 0.3) is 0 Å². The Morgan fingerprint density at radius 1 is 1.25 bits per heavy atom. The van der Waals surface area contributed by atoms with Crippen molar-refractivity contribution in [3.8, 4) is 6.07 Å². The molecule has 2 rings (SSSR count). The summed E-state index contributed by atoms with van der Waals surface area (Å²) in [6.07, 6.45) is 0. The summed E-state index contributed by atoms with van der Waals surface area (Å²) in [7, 11) is 0. The van der Waals surface area contributed by atoms with Crippen molar-refractivity contribution in [1.29, 1.82) is 5.26 Å². The number of nitriles is 1. The summed E-state index contributed by atoms with van der Waals surface area (Å²) in [4.78, 5) is 12.3. The monoisotopic (exact) mass is 333 g/mol. The van der Waals surface area contributed by atoms with Crippen molar-refractivity contribution in [1.82, 2.24) is 0 Å². The van der Waals surface area contributed by atoms with E-state index in [2.05, 4.69) is 15.9 Å². The molecule has 0 saturated heterocycles. The van der Waals surface area contributed by atoms with Crippen molar-refractivity contribution < 1.29 is 14.3 Å². The number of hydrogen-bond donors (Lipinski definition) is 1. The van der Waals surface area contributed by atoms with Crippen molar-refractivity contribution in [2.75, 3.05) is 0 Å². The zero-order valence-corrected chi connectivity index (χ0v) is 11.8. The fourth-order valence-corrected chi connectivity index (χ4v) is 2.17. The molecule has 0 aliphatic carbocycles. The third-order valence-corrected chi connectivity index (χ3v) is 3.28. The molecular weight excluding hydrogens is 325 g/mol. The zero-order chi connectivity index (χ0) is 14.7. The van der Waals surface area contributed by atoms with Crippen LogP contribution in [0.25, 0.3) is 0 Å². The molecule has 0 heterocycles. The van der Waals surface area contributed by atoms with Crippen molar-refractivity contribution in [2.45, 2.75) is 5.01 Å². The number of alkyl halides is 1. The van der Waals surface area contributed by atoms with Crippen LogP contribution in [0.2, 0.25) is 0 Å². The Balaban J connectivity index is 2.49. The highest BCUT2D eigenvalue weighted by atomic mass is 79.9. The van der Waals surface area contributed by atoms with Gasteiger partial charge in [-0.05, 0) is 42.5 Å². The van der Waals surface area contributed by atoms with Crippen LogP contribution < -0.4 is 0 Å². The predicted molar refractivity (Wildman–Crippen MR) is 74.9 cm³/mol. The zero-order valence-electron chi connectivity index (χ0n) is 10.2. The molecule has 100 valence electrons. The topological polar surface area (TPSA) is 61.1 Å². The van der Waals surface area contributed by atoms with E-state index in [0.717, 1.165) is 0 Å². The quantitative estimate of drug-likeness (QED) is 0.692. The summed E-state index contributed by atoms with van der Waals surface area (Å²) < 4.78 is 12.9. The second-order valence-corrected chi connectivity index (χ2v) is 4.95. The van der Waals surface area contributed by atoms with Crippen LogP contribution in [0.5, 0.6) is 0 Å². The number of benzene rings is 2. The molecular formula is C15H9BrFNO2. The van der Waals surface area contributed by atoms with Gasteiger partial charge in [-0.2, -0.15) is 5.26 Å². The first-order valence-electron chi connectivity index (χ1n) is 5.69. The van der Waals surface area contributed by atoms with E-state index in [0.29, 0.717) is 16.7 Å². The number of nitrogens with zero attached hydrogens (tertiary/aromatic N) is 1. The van der Waals surface area contributed by atoms with Gasteiger partial charge in [-0.25, -0.2) is 4.39 Å². The molecule has 0 saturated carbocycles. The van der Waals surface area contributed by atoms with Gasteiger partial charge in [-0.3, -0.25) is 4.79 Å². The van der Waals surface area contributed by atoms with Crippen molar-refractivity contribution in [3.63, 3.8) is 0 Å². The minimum Gasteiger partial charge on any atom is -0.377 e. The van der Waals surface area contributed by atoms with Crippen LogP contribution in [0, 0.1) is 17.1 Å². The highest BCUT2D eigenvalue weighted by Gasteiger charge is 2.18. The maximum absolute atomic E-state index is 12.9. The number of aliphatic hydroxyl groups excluding tert-OH is 1. The maximum Gasteiger partial charge on any atom is 0.193 e. The number of rotatable bonds is 3. The van der Waals surface area contributed by atoms with E-state index < -0.39 is 10.8 Å². The van der Waals surface area contributed by atoms with Crippen molar-refractivity contribution >= 4 is 21.7 Å². The number of carbonyl (C=O) groups is 1. The molecule has 1 atom stereocenters. The van der Waals surface area contributed by atoms with E-state index in [1.165, 1.54) is 42.5 Å². The number of aliphatic hydroxyl groups is 1. The Morgan fingerprint density at radius 2 is 1.90 bits per heavy atom. The average Bonchev–Trinajstić information content (AvgIpc) is 2.46. The van der Waals surface area contributed by atoms with Crippen LogP contribution in [0.4, 0.5) is 4.39 Å². The lowest BCUT2D eigenvalue weighted by atomic mass is 9.97. The molecule has 0 fully saturated rings. The fraction of sp³-hybridized carbons (Fsp3) is 0.0667. The largest absolute Gasteiger partial charge is 0.377 e. The summed E-state index contributed by atoms with van der Waals surface area (Å²) >= 11 is 2.98. The third-order valence-electron chi connectivity index (χ3n) is 2.79. The van der Waals surface area contributed by atoms with Crippen molar-refractivity contribution in [2.24, 2.45) is 0 Å². The minimum absolute atomic E-state index is 0.264. The highest BCUT2D eigenvalue weighted by molar-refractivity contribution is 9.09. The van der Waals surface area contributed by atoms with E-state index in [9.17, 15) is 14.3 Å². The van der Waals surface area contributed by atoms with E-state index in [1.807, 2.05) is 6.07 Å². The molecule has 0 spiro atoms. The Bertz CT molecular complexity index is 690. The first kappa shape index (κ1) is 14.4. The summed E-state index contributed by atoms with van der Waals surface area (Å²) in [5, 5.41) is 17.4. The number of ketones is 1. The molecule has 20 heavy (non-hydrogen) atoms. The minimum atomic E-state index is -1.06. The van der Waals surface area contributed by atoms with Gasteiger partial charge in [0.15, 0.2) is 5.78 Å². The Kier molecular flexibility index (Phi) is 4.28.